The van der Waals surface area contributed by atoms with Gasteiger partial charge in [0.2, 0.25) is 15.4 Å². The van der Waals surface area contributed by atoms with Gasteiger partial charge in [0, 0.05) is 27.1 Å². The van der Waals surface area contributed by atoms with Crippen molar-refractivity contribution in [3.8, 4) is 0 Å². The van der Waals surface area contributed by atoms with Crippen molar-refractivity contribution in [3.05, 3.63) is 0 Å². The number of aromatic nitrogens is 2. The number of rotatable bonds is 6. The molecule has 1 amide bonds. The Kier molecular flexibility index (Phi) is 5.14. The predicted molar refractivity (Wildman–Crippen MR) is 68.0 cm³/mol. The monoisotopic (exact) mass is 293 g/mol. The standard InChI is InChI=1S/C8H15N5O3S2/c1-6(14)10-7-11-12-8(17-7)18(15,16)13(3)5-4-9-2/h9H,4-5H2,1-3H3,(H,10,11,14). The lowest BCUT2D eigenvalue weighted by Crippen LogP contribution is -2.32. The minimum Gasteiger partial charge on any atom is -0.318 e. The molecule has 10 heteroatoms. The molecule has 0 aliphatic carbocycles. The van der Waals surface area contributed by atoms with Gasteiger partial charge in [-0.15, -0.1) is 10.2 Å². The van der Waals surface area contributed by atoms with Crippen molar-refractivity contribution >= 4 is 32.4 Å². The first-order valence-electron chi connectivity index (χ1n) is 5.10. The molecule has 1 aromatic heterocycles. The molecular formula is C8H15N5O3S2. The third-order valence-electron chi connectivity index (χ3n) is 2.00. The average molecular weight is 293 g/mol. The molecule has 8 nitrogen and oxygen atoms in total. The first-order valence-corrected chi connectivity index (χ1v) is 7.35. The molecule has 0 saturated heterocycles. The van der Waals surface area contributed by atoms with Crippen LogP contribution in [0.3, 0.4) is 0 Å². The van der Waals surface area contributed by atoms with E-state index in [0.717, 1.165) is 11.3 Å². The highest BCUT2D eigenvalue weighted by Gasteiger charge is 2.25. The van der Waals surface area contributed by atoms with Gasteiger partial charge in [0.05, 0.1) is 0 Å². The lowest BCUT2D eigenvalue weighted by Gasteiger charge is -2.14. The fraction of sp³-hybridized carbons (Fsp3) is 0.625. The normalized spacial score (nSPS) is 11.8. The van der Waals surface area contributed by atoms with Crippen LogP contribution in [-0.4, -0.2) is 56.0 Å². The Morgan fingerprint density at radius 1 is 1.44 bits per heavy atom. The second-order valence-electron chi connectivity index (χ2n) is 3.48. The summed E-state index contributed by atoms with van der Waals surface area (Å²) in [5.41, 5.74) is 0. The largest absolute Gasteiger partial charge is 0.318 e. The van der Waals surface area contributed by atoms with Crippen LogP contribution in [-0.2, 0) is 14.8 Å². The minimum atomic E-state index is -3.64. The third-order valence-corrected chi connectivity index (χ3v) is 5.04. The number of sulfonamides is 1. The van der Waals surface area contributed by atoms with E-state index in [1.165, 1.54) is 18.3 Å². The Morgan fingerprint density at radius 3 is 2.67 bits per heavy atom. The number of likely N-dealkylation sites (N-methyl/N-ethyl adjacent to an activating group) is 2. The molecule has 18 heavy (non-hydrogen) atoms. The van der Waals surface area contributed by atoms with E-state index in [1.54, 1.807) is 7.05 Å². The van der Waals surface area contributed by atoms with Crippen LogP contribution in [0.25, 0.3) is 0 Å². The molecule has 0 bridgehead atoms. The van der Waals surface area contributed by atoms with Gasteiger partial charge in [0.25, 0.3) is 10.0 Å². The van der Waals surface area contributed by atoms with Crippen molar-refractivity contribution < 1.29 is 13.2 Å². The van der Waals surface area contributed by atoms with E-state index >= 15 is 0 Å². The van der Waals surface area contributed by atoms with Crippen LogP contribution in [0, 0.1) is 0 Å². The molecule has 0 spiro atoms. The van der Waals surface area contributed by atoms with Gasteiger partial charge < -0.3 is 10.6 Å². The molecule has 0 saturated carbocycles. The molecule has 0 aliphatic heterocycles. The SMILES string of the molecule is CNCCN(C)S(=O)(=O)c1nnc(NC(C)=O)s1. The van der Waals surface area contributed by atoms with Gasteiger partial charge in [-0.3, -0.25) is 4.79 Å². The van der Waals surface area contributed by atoms with Crippen molar-refractivity contribution in [2.75, 3.05) is 32.5 Å². The molecule has 1 heterocycles. The van der Waals surface area contributed by atoms with Gasteiger partial charge >= 0.3 is 0 Å². The van der Waals surface area contributed by atoms with E-state index in [1.807, 2.05) is 0 Å². The van der Waals surface area contributed by atoms with Crippen LogP contribution in [0.2, 0.25) is 0 Å². The summed E-state index contributed by atoms with van der Waals surface area (Å²) in [5, 5.41) is 12.6. The predicted octanol–water partition coefficient (Wildman–Crippen LogP) is -0.664. The number of carbonyl (C=O) groups is 1. The Bertz CT molecular complexity index is 513. The highest BCUT2D eigenvalue weighted by molar-refractivity contribution is 7.91. The summed E-state index contributed by atoms with van der Waals surface area (Å²) >= 11 is 0.826. The quantitative estimate of drug-likeness (QED) is 0.675. The van der Waals surface area contributed by atoms with E-state index in [-0.39, 0.29) is 15.4 Å². The second kappa shape index (κ2) is 6.18. The molecule has 0 radical (unpaired) electrons. The topological polar surface area (TPSA) is 104 Å². The highest BCUT2D eigenvalue weighted by atomic mass is 32.2. The summed E-state index contributed by atoms with van der Waals surface area (Å²) < 4.78 is 25.1. The van der Waals surface area contributed by atoms with Gasteiger partial charge in [0.15, 0.2) is 0 Å². The molecular weight excluding hydrogens is 278 g/mol. The Labute approximate surface area is 109 Å². The average Bonchev–Trinajstić information content (AvgIpc) is 2.73. The summed E-state index contributed by atoms with van der Waals surface area (Å²) in [4.78, 5) is 10.8. The molecule has 0 aliphatic rings. The minimum absolute atomic E-state index is 0.134. The van der Waals surface area contributed by atoms with E-state index in [4.69, 9.17) is 0 Å². The van der Waals surface area contributed by atoms with Gasteiger partial charge in [-0.05, 0) is 7.05 Å². The van der Waals surface area contributed by atoms with Crippen molar-refractivity contribution in [1.29, 1.82) is 0 Å². The summed E-state index contributed by atoms with van der Waals surface area (Å²) in [6.45, 7) is 2.18. The van der Waals surface area contributed by atoms with Crippen LogP contribution in [0.1, 0.15) is 6.92 Å². The maximum atomic E-state index is 12.0. The Balaban J connectivity index is 2.84. The van der Waals surface area contributed by atoms with Gasteiger partial charge in [-0.25, -0.2) is 8.42 Å². The Morgan fingerprint density at radius 2 is 2.11 bits per heavy atom. The smallest absolute Gasteiger partial charge is 0.272 e. The summed E-state index contributed by atoms with van der Waals surface area (Å²) in [6.07, 6.45) is 0. The zero-order valence-electron chi connectivity index (χ0n) is 10.3. The van der Waals surface area contributed by atoms with E-state index in [0.29, 0.717) is 13.1 Å². The van der Waals surface area contributed by atoms with Crippen molar-refractivity contribution in [1.82, 2.24) is 19.8 Å². The lowest BCUT2D eigenvalue weighted by atomic mass is 10.6. The van der Waals surface area contributed by atoms with Crippen LogP contribution < -0.4 is 10.6 Å². The van der Waals surface area contributed by atoms with Crippen LogP contribution in [0.15, 0.2) is 4.34 Å². The highest BCUT2D eigenvalue weighted by Crippen LogP contribution is 2.22. The number of hydrogen-bond acceptors (Lipinski definition) is 7. The second-order valence-corrected chi connectivity index (χ2v) is 6.68. The van der Waals surface area contributed by atoms with Crippen molar-refractivity contribution in [2.45, 2.75) is 11.3 Å². The Hall–Kier alpha value is -1.10. The summed E-state index contributed by atoms with van der Waals surface area (Å²) in [5.74, 6) is -0.321. The van der Waals surface area contributed by atoms with E-state index < -0.39 is 10.0 Å². The molecule has 102 valence electrons. The lowest BCUT2D eigenvalue weighted by molar-refractivity contribution is -0.114. The van der Waals surface area contributed by atoms with Crippen LogP contribution in [0.4, 0.5) is 5.13 Å². The molecule has 0 aromatic carbocycles. The van der Waals surface area contributed by atoms with Crippen molar-refractivity contribution in [3.63, 3.8) is 0 Å². The third kappa shape index (κ3) is 3.70. The number of nitrogens with one attached hydrogen (secondary N) is 2. The van der Waals surface area contributed by atoms with Gasteiger partial charge in [0.1, 0.15) is 0 Å². The molecule has 0 fully saturated rings. The van der Waals surface area contributed by atoms with Gasteiger partial charge in [-0.1, -0.05) is 11.3 Å². The molecule has 0 atom stereocenters. The maximum absolute atomic E-state index is 12.0. The molecule has 1 aromatic rings. The molecule has 2 N–H and O–H groups in total. The van der Waals surface area contributed by atoms with Gasteiger partial charge in [-0.2, -0.15) is 4.31 Å². The number of anilines is 1. The first-order chi connectivity index (χ1) is 8.37. The summed E-state index contributed by atoms with van der Waals surface area (Å²) in [7, 11) is -0.438. The fourth-order valence-corrected chi connectivity index (χ4v) is 3.34. The number of nitrogens with zero attached hydrogens (tertiary/aromatic N) is 3. The summed E-state index contributed by atoms with van der Waals surface area (Å²) in [6, 6.07) is 0. The maximum Gasteiger partial charge on any atom is 0.272 e. The van der Waals surface area contributed by atoms with E-state index in [9.17, 15) is 13.2 Å². The molecule has 1 rings (SSSR count). The zero-order valence-corrected chi connectivity index (χ0v) is 11.9. The van der Waals surface area contributed by atoms with Crippen LogP contribution >= 0.6 is 11.3 Å². The number of hydrogen-bond donors (Lipinski definition) is 2. The van der Waals surface area contributed by atoms with Crippen LogP contribution in [0.5, 0.6) is 0 Å². The molecule has 0 unspecified atom stereocenters. The van der Waals surface area contributed by atoms with E-state index in [2.05, 4.69) is 20.8 Å². The first kappa shape index (κ1) is 15.0. The number of carbonyl (C=O) groups excluding carboxylic acids is 1. The number of amides is 1. The zero-order chi connectivity index (χ0) is 13.8. The fourth-order valence-electron chi connectivity index (χ4n) is 1.04. The van der Waals surface area contributed by atoms with Crippen molar-refractivity contribution in [2.24, 2.45) is 0 Å².